The fourth-order valence-corrected chi connectivity index (χ4v) is 2.47. The summed E-state index contributed by atoms with van der Waals surface area (Å²) in [7, 11) is 1.58. The van der Waals surface area contributed by atoms with Crippen LogP contribution in [0.3, 0.4) is 0 Å². The smallest absolute Gasteiger partial charge is 0.251 e. The predicted molar refractivity (Wildman–Crippen MR) is 95.9 cm³/mol. The van der Waals surface area contributed by atoms with Crippen LogP contribution in [0.25, 0.3) is 0 Å². The summed E-state index contributed by atoms with van der Waals surface area (Å²) < 4.78 is 10.9. The summed E-state index contributed by atoms with van der Waals surface area (Å²) in [5, 5.41) is 3.02. The number of methoxy groups -OCH3 is 1. The van der Waals surface area contributed by atoms with Gasteiger partial charge in [-0.1, -0.05) is 37.3 Å². The van der Waals surface area contributed by atoms with Crippen LogP contribution >= 0.6 is 0 Å². The number of rotatable bonds is 8. The minimum absolute atomic E-state index is 0.0434. The minimum Gasteiger partial charge on any atom is -0.493 e. The molecule has 0 radical (unpaired) electrons. The standard InChI is InChI=1S/C20H25NO3/c1-4-12-24-18-11-10-17(14-19(18)23-3)20(22)21-15(2)13-16-8-6-5-7-9-16/h5-11,14-15H,4,12-13H2,1-3H3,(H,21,22)/t15-/m0/s1. The Morgan fingerprint density at radius 3 is 2.54 bits per heavy atom. The number of nitrogens with one attached hydrogen (secondary N) is 1. The molecule has 0 saturated carbocycles. The third kappa shape index (κ3) is 5.01. The first-order chi connectivity index (χ1) is 11.6. The zero-order valence-corrected chi connectivity index (χ0v) is 14.5. The SMILES string of the molecule is CCCOc1ccc(C(=O)N[C@@H](C)Cc2ccccc2)cc1OC. The Hall–Kier alpha value is -2.49. The maximum atomic E-state index is 12.4. The van der Waals surface area contributed by atoms with E-state index in [0.29, 0.717) is 23.7 Å². The topological polar surface area (TPSA) is 47.6 Å². The molecule has 0 aliphatic rings. The van der Waals surface area contributed by atoms with Crippen molar-refractivity contribution in [2.75, 3.05) is 13.7 Å². The van der Waals surface area contributed by atoms with Gasteiger partial charge in [0.1, 0.15) is 0 Å². The second kappa shape index (κ2) is 8.96. The quantitative estimate of drug-likeness (QED) is 0.801. The summed E-state index contributed by atoms with van der Waals surface area (Å²) in [6.45, 7) is 4.67. The van der Waals surface area contributed by atoms with Crippen LogP contribution in [-0.2, 0) is 6.42 Å². The van der Waals surface area contributed by atoms with E-state index in [1.54, 1.807) is 25.3 Å². The van der Waals surface area contributed by atoms with E-state index in [1.807, 2.05) is 32.0 Å². The van der Waals surface area contributed by atoms with Crippen LogP contribution in [0.4, 0.5) is 0 Å². The molecule has 0 spiro atoms. The van der Waals surface area contributed by atoms with Gasteiger partial charge in [0.25, 0.3) is 5.91 Å². The Morgan fingerprint density at radius 1 is 1.12 bits per heavy atom. The van der Waals surface area contributed by atoms with Crippen LogP contribution in [0, 0.1) is 0 Å². The maximum Gasteiger partial charge on any atom is 0.251 e. The van der Waals surface area contributed by atoms with Crippen molar-refractivity contribution in [2.45, 2.75) is 32.7 Å². The number of carbonyl (C=O) groups is 1. The summed E-state index contributed by atoms with van der Waals surface area (Å²) in [6, 6.07) is 15.4. The molecule has 128 valence electrons. The number of ether oxygens (including phenoxy) is 2. The Kier molecular flexibility index (Phi) is 6.67. The largest absolute Gasteiger partial charge is 0.493 e. The maximum absolute atomic E-state index is 12.4. The molecule has 0 heterocycles. The van der Waals surface area contributed by atoms with Crippen molar-refractivity contribution in [3.8, 4) is 11.5 Å². The molecule has 0 aromatic heterocycles. The highest BCUT2D eigenvalue weighted by molar-refractivity contribution is 5.95. The summed E-state index contributed by atoms with van der Waals surface area (Å²) in [5.41, 5.74) is 1.77. The monoisotopic (exact) mass is 327 g/mol. The van der Waals surface area contributed by atoms with E-state index in [1.165, 1.54) is 5.56 Å². The Morgan fingerprint density at radius 2 is 1.88 bits per heavy atom. The molecule has 1 amide bonds. The van der Waals surface area contributed by atoms with Crippen LogP contribution in [0.5, 0.6) is 11.5 Å². The average Bonchev–Trinajstić information content (AvgIpc) is 2.60. The van der Waals surface area contributed by atoms with E-state index in [0.717, 1.165) is 12.8 Å². The first-order valence-corrected chi connectivity index (χ1v) is 8.29. The van der Waals surface area contributed by atoms with Crippen molar-refractivity contribution in [1.82, 2.24) is 5.32 Å². The number of amides is 1. The van der Waals surface area contributed by atoms with E-state index in [4.69, 9.17) is 9.47 Å². The van der Waals surface area contributed by atoms with Crippen LogP contribution in [0.1, 0.15) is 36.2 Å². The van der Waals surface area contributed by atoms with Crippen LogP contribution in [-0.4, -0.2) is 25.7 Å². The van der Waals surface area contributed by atoms with Gasteiger partial charge in [0.2, 0.25) is 0 Å². The molecule has 1 N–H and O–H groups in total. The van der Waals surface area contributed by atoms with Gasteiger partial charge in [-0.2, -0.15) is 0 Å². The highest BCUT2D eigenvalue weighted by Crippen LogP contribution is 2.28. The Balaban J connectivity index is 2.01. The zero-order chi connectivity index (χ0) is 17.4. The second-order valence-electron chi connectivity index (χ2n) is 5.78. The van der Waals surface area contributed by atoms with Gasteiger partial charge < -0.3 is 14.8 Å². The fraction of sp³-hybridized carbons (Fsp3) is 0.350. The van der Waals surface area contributed by atoms with Gasteiger partial charge in [0.05, 0.1) is 13.7 Å². The minimum atomic E-state index is -0.112. The molecule has 0 fully saturated rings. The molecule has 0 aliphatic carbocycles. The zero-order valence-electron chi connectivity index (χ0n) is 14.5. The summed E-state index contributed by atoms with van der Waals surface area (Å²) in [5.74, 6) is 1.12. The molecule has 2 rings (SSSR count). The molecule has 24 heavy (non-hydrogen) atoms. The summed E-state index contributed by atoms with van der Waals surface area (Å²) >= 11 is 0. The van der Waals surface area contributed by atoms with E-state index < -0.39 is 0 Å². The number of hydrogen-bond donors (Lipinski definition) is 1. The molecule has 0 saturated heterocycles. The van der Waals surface area contributed by atoms with Crippen LogP contribution in [0.15, 0.2) is 48.5 Å². The molecule has 1 atom stereocenters. The fourth-order valence-electron chi connectivity index (χ4n) is 2.47. The second-order valence-corrected chi connectivity index (χ2v) is 5.78. The number of benzene rings is 2. The van der Waals surface area contributed by atoms with Crippen molar-refractivity contribution in [3.63, 3.8) is 0 Å². The number of carbonyl (C=O) groups excluding carboxylic acids is 1. The van der Waals surface area contributed by atoms with E-state index in [-0.39, 0.29) is 11.9 Å². The summed E-state index contributed by atoms with van der Waals surface area (Å²) in [4.78, 5) is 12.4. The lowest BCUT2D eigenvalue weighted by Gasteiger charge is -2.15. The molecule has 4 heteroatoms. The summed E-state index contributed by atoms with van der Waals surface area (Å²) in [6.07, 6.45) is 1.71. The molecule has 4 nitrogen and oxygen atoms in total. The predicted octanol–water partition coefficient (Wildman–Crippen LogP) is 3.85. The van der Waals surface area contributed by atoms with Crippen molar-refractivity contribution in [3.05, 3.63) is 59.7 Å². The molecule has 0 unspecified atom stereocenters. The third-order valence-corrected chi connectivity index (χ3v) is 3.65. The van der Waals surface area contributed by atoms with Crippen LogP contribution in [0.2, 0.25) is 0 Å². The lowest BCUT2D eigenvalue weighted by molar-refractivity contribution is 0.0939. The molecule has 0 bridgehead atoms. The van der Waals surface area contributed by atoms with Gasteiger partial charge >= 0.3 is 0 Å². The Bertz CT molecular complexity index is 655. The van der Waals surface area contributed by atoms with E-state index >= 15 is 0 Å². The van der Waals surface area contributed by atoms with Crippen LogP contribution < -0.4 is 14.8 Å². The van der Waals surface area contributed by atoms with E-state index in [2.05, 4.69) is 17.4 Å². The molecular weight excluding hydrogens is 302 g/mol. The normalized spacial score (nSPS) is 11.6. The average molecular weight is 327 g/mol. The molecular formula is C20H25NO3. The van der Waals surface area contributed by atoms with Crippen molar-refractivity contribution < 1.29 is 14.3 Å². The van der Waals surface area contributed by atoms with Gasteiger partial charge in [0, 0.05) is 11.6 Å². The first kappa shape index (κ1) is 17.9. The van der Waals surface area contributed by atoms with Crippen molar-refractivity contribution >= 4 is 5.91 Å². The molecule has 2 aromatic carbocycles. The van der Waals surface area contributed by atoms with Gasteiger partial charge in [0.15, 0.2) is 11.5 Å². The third-order valence-electron chi connectivity index (χ3n) is 3.65. The highest BCUT2D eigenvalue weighted by atomic mass is 16.5. The van der Waals surface area contributed by atoms with Gasteiger partial charge in [-0.05, 0) is 43.5 Å². The Labute approximate surface area is 143 Å². The number of hydrogen-bond acceptors (Lipinski definition) is 3. The molecule has 2 aromatic rings. The first-order valence-electron chi connectivity index (χ1n) is 8.29. The highest BCUT2D eigenvalue weighted by Gasteiger charge is 2.13. The van der Waals surface area contributed by atoms with Crippen molar-refractivity contribution in [2.24, 2.45) is 0 Å². The van der Waals surface area contributed by atoms with Gasteiger partial charge in [-0.15, -0.1) is 0 Å². The van der Waals surface area contributed by atoms with Crippen molar-refractivity contribution in [1.29, 1.82) is 0 Å². The van der Waals surface area contributed by atoms with Gasteiger partial charge in [-0.3, -0.25) is 4.79 Å². The van der Waals surface area contributed by atoms with E-state index in [9.17, 15) is 4.79 Å². The lowest BCUT2D eigenvalue weighted by Crippen LogP contribution is -2.34. The lowest BCUT2D eigenvalue weighted by atomic mass is 10.1. The molecule has 0 aliphatic heterocycles. The van der Waals surface area contributed by atoms with Gasteiger partial charge in [-0.25, -0.2) is 0 Å².